The summed E-state index contributed by atoms with van der Waals surface area (Å²) < 4.78 is 17.4. The third kappa shape index (κ3) is 3.92. The van der Waals surface area contributed by atoms with Crippen molar-refractivity contribution >= 4 is 17.8 Å². The number of nitrogens with zero attached hydrogens (tertiary/aromatic N) is 2. The number of methoxy groups -OCH3 is 2. The Hall–Kier alpha value is -2.96. The number of fused-ring (bicyclic) bond motifs is 1. The highest BCUT2D eigenvalue weighted by molar-refractivity contribution is 5.72. The van der Waals surface area contributed by atoms with Gasteiger partial charge in [0.1, 0.15) is 11.9 Å². The van der Waals surface area contributed by atoms with E-state index in [1.807, 2.05) is 6.07 Å². The fraction of sp³-hybridized carbons (Fsp3) is 0.400. The molecule has 2 aromatic rings. The minimum atomic E-state index is -0.00344. The van der Waals surface area contributed by atoms with Crippen molar-refractivity contribution in [3.05, 3.63) is 35.0 Å². The molecule has 0 spiro atoms. The highest BCUT2D eigenvalue weighted by atomic mass is 16.5. The third-order valence-electron chi connectivity index (χ3n) is 4.50. The Morgan fingerprint density at radius 2 is 1.96 bits per heavy atom. The molecular formula is C20H26N4O3. The SMILES string of the molecule is COc1cc(Cc2cnc(N)nc2N)c2c(c1OC)OC(CC(C)C)C=C2. The Labute approximate surface area is 159 Å². The van der Waals surface area contributed by atoms with Gasteiger partial charge in [0.2, 0.25) is 11.7 Å². The number of ether oxygens (including phenoxy) is 3. The fourth-order valence-corrected chi connectivity index (χ4v) is 3.23. The monoisotopic (exact) mass is 370 g/mol. The van der Waals surface area contributed by atoms with Crippen LogP contribution in [0.2, 0.25) is 0 Å². The largest absolute Gasteiger partial charge is 0.493 e. The van der Waals surface area contributed by atoms with Crippen LogP contribution in [0.1, 0.15) is 37.0 Å². The number of hydrogen-bond acceptors (Lipinski definition) is 7. The zero-order valence-electron chi connectivity index (χ0n) is 16.2. The molecule has 144 valence electrons. The first kappa shape index (κ1) is 18.8. The Balaban J connectivity index is 2.05. The van der Waals surface area contributed by atoms with Crippen molar-refractivity contribution in [3.63, 3.8) is 0 Å². The number of rotatable bonds is 6. The molecule has 2 heterocycles. The molecule has 1 aromatic heterocycles. The predicted octanol–water partition coefficient (Wildman–Crippen LogP) is 3.07. The molecule has 1 aliphatic heterocycles. The van der Waals surface area contributed by atoms with Crippen molar-refractivity contribution in [3.8, 4) is 17.2 Å². The molecule has 1 aliphatic rings. The van der Waals surface area contributed by atoms with E-state index in [-0.39, 0.29) is 12.1 Å². The number of benzene rings is 1. The number of anilines is 2. The lowest BCUT2D eigenvalue weighted by Gasteiger charge is -2.27. The summed E-state index contributed by atoms with van der Waals surface area (Å²) in [4.78, 5) is 8.09. The van der Waals surface area contributed by atoms with Crippen LogP contribution in [0.4, 0.5) is 11.8 Å². The smallest absolute Gasteiger partial charge is 0.221 e. The minimum absolute atomic E-state index is 0.00344. The van der Waals surface area contributed by atoms with Crippen LogP contribution in [0.15, 0.2) is 18.3 Å². The van der Waals surface area contributed by atoms with E-state index < -0.39 is 0 Å². The summed E-state index contributed by atoms with van der Waals surface area (Å²) in [6.07, 6.45) is 7.26. The van der Waals surface area contributed by atoms with Gasteiger partial charge in [0.05, 0.1) is 14.2 Å². The maximum absolute atomic E-state index is 6.26. The highest BCUT2D eigenvalue weighted by Gasteiger charge is 2.26. The molecule has 0 bridgehead atoms. The van der Waals surface area contributed by atoms with Gasteiger partial charge in [0.25, 0.3) is 0 Å². The number of hydrogen-bond donors (Lipinski definition) is 2. The van der Waals surface area contributed by atoms with Gasteiger partial charge in [0.15, 0.2) is 11.5 Å². The summed E-state index contributed by atoms with van der Waals surface area (Å²) in [7, 11) is 3.22. The Bertz CT molecular complexity index is 865. The van der Waals surface area contributed by atoms with Crippen molar-refractivity contribution in [1.82, 2.24) is 9.97 Å². The van der Waals surface area contributed by atoms with Gasteiger partial charge >= 0.3 is 0 Å². The first-order valence-electron chi connectivity index (χ1n) is 8.92. The summed E-state index contributed by atoms with van der Waals surface area (Å²) in [5, 5.41) is 0. The van der Waals surface area contributed by atoms with Crippen molar-refractivity contribution in [2.24, 2.45) is 5.92 Å². The molecule has 0 saturated carbocycles. The van der Waals surface area contributed by atoms with E-state index in [4.69, 9.17) is 25.7 Å². The van der Waals surface area contributed by atoms with Crippen LogP contribution in [0.5, 0.6) is 17.2 Å². The van der Waals surface area contributed by atoms with Crippen molar-refractivity contribution in [2.45, 2.75) is 32.8 Å². The second-order valence-corrected chi connectivity index (χ2v) is 6.97. The van der Waals surface area contributed by atoms with Crippen molar-refractivity contribution < 1.29 is 14.2 Å². The Morgan fingerprint density at radius 1 is 1.19 bits per heavy atom. The summed E-state index contributed by atoms with van der Waals surface area (Å²) in [6, 6.07) is 1.93. The summed E-state index contributed by atoms with van der Waals surface area (Å²) in [5.41, 5.74) is 14.3. The summed E-state index contributed by atoms with van der Waals surface area (Å²) in [5.74, 6) is 2.93. The van der Waals surface area contributed by atoms with E-state index in [1.165, 1.54) is 0 Å². The fourth-order valence-electron chi connectivity index (χ4n) is 3.23. The molecule has 4 N–H and O–H groups in total. The van der Waals surface area contributed by atoms with Crippen LogP contribution < -0.4 is 25.7 Å². The van der Waals surface area contributed by atoms with Gasteiger partial charge in [-0.25, -0.2) is 4.98 Å². The molecule has 1 aromatic carbocycles. The van der Waals surface area contributed by atoms with Crippen molar-refractivity contribution in [2.75, 3.05) is 25.7 Å². The molecule has 3 rings (SSSR count). The molecule has 7 nitrogen and oxygen atoms in total. The van der Waals surface area contributed by atoms with Gasteiger partial charge in [-0.05, 0) is 30.0 Å². The van der Waals surface area contributed by atoms with Gasteiger partial charge in [0, 0.05) is 23.7 Å². The first-order valence-corrected chi connectivity index (χ1v) is 8.92. The maximum atomic E-state index is 6.26. The summed E-state index contributed by atoms with van der Waals surface area (Å²) >= 11 is 0. The average molecular weight is 370 g/mol. The zero-order valence-corrected chi connectivity index (χ0v) is 16.2. The van der Waals surface area contributed by atoms with Crippen LogP contribution in [0, 0.1) is 5.92 Å². The molecule has 0 radical (unpaired) electrons. The van der Waals surface area contributed by atoms with Crippen molar-refractivity contribution in [1.29, 1.82) is 0 Å². The quantitative estimate of drug-likeness (QED) is 0.805. The van der Waals surface area contributed by atoms with Gasteiger partial charge in [-0.3, -0.25) is 0 Å². The zero-order chi connectivity index (χ0) is 19.6. The lowest BCUT2D eigenvalue weighted by Crippen LogP contribution is -2.20. The first-order chi connectivity index (χ1) is 12.9. The molecule has 27 heavy (non-hydrogen) atoms. The number of aromatic nitrogens is 2. The molecule has 0 saturated heterocycles. The van der Waals surface area contributed by atoms with Crippen LogP contribution in [-0.2, 0) is 6.42 Å². The number of nitrogens with two attached hydrogens (primary N) is 2. The lowest BCUT2D eigenvalue weighted by atomic mass is 9.95. The van der Waals surface area contributed by atoms with E-state index in [2.05, 4.69) is 36.0 Å². The van der Waals surface area contributed by atoms with Gasteiger partial charge in [-0.15, -0.1) is 0 Å². The van der Waals surface area contributed by atoms with Gasteiger partial charge in [-0.1, -0.05) is 19.9 Å². The Kier molecular flexibility index (Phi) is 5.39. The third-order valence-corrected chi connectivity index (χ3v) is 4.50. The second kappa shape index (κ2) is 7.73. The van der Waals surface area contributed by atoms with E-state index in [0.29, 0.717) is 35.4 Å². The minimum Gasteiger partial charge on any atom is -0.493 e. The predicted molar refractivity (Wildman–Crippen MR) is 106 cm³/mol. The van der Waals surface area contributed by atoms with Crippen LogP contribution >= 0.6 is 0 Å². The van der Waals surface area contributed by atoms with Gasteiger partial charge in [-0.2, -0.15) is 4.98 Å². The normalized spacial score (nSPS) is 15.4. The van der Waals surface area contributed by atoms with E-state index >= 15 is 0 Å². The topological polar surface area (TPSA) is 106 Å². The lowest BCUT2D eigenvalue weighted by molar-refractivity contribution is 0.204. The molecule has 1 atom stereocenters. The molecule has 7 heteroatoms. The standard InChI is InChI=1S/C20H26N4O3/c1-11(2)7-14-5-6-15-12(8-13-10-23-20(22)24-19(13)21)9-16(25-3)18(26-4)17(15)27-14/h5-6,9-11,14H,7-8H2,1-4H3,(H4,21,22,23,24). The molecule has 0 fully saturated rings. The van der Waals surface area contributed by atoms with E-state index in [9.17, 15) is 0 Å². The maximum Gasteiger partial charge on any atom is 0.221 e. The van der Waals surface area contributed by atoms with E-state index in [1.54, 1.807) is 20.4 Å². The van der Waals surface area contributed by atoms with Crippen LogP contribution in [0.3, 0.4) is 0 Å². The number of nitrogen functional groups attached to an aromatic ring is 2. The van der Waals surface area contributed by atoms with E-state index in [0.717, 1.165) is 23.1 Å². The van der Waals surface area contributed by atoms with Crippen LogP contribution in [-0.4, -0.2) is 30.3 Å². The molecule has 0 aliphatic carbocycles. The van der Waals surface area contributed by atoms with Crippen LogP contribution in [0.25, 0.3) is 6.08 Å². The molecular weight excluding hydrogens is 344 g/mol. The highest BCUT2D eigenvalue weighted by Crippen LogP contribution is 2.46. The Morgan fingerprint density at radius 3 is 2.59 bits per heavy atom. The van der Waals surface area contributed by atoms with Gasteiger partial charge < -0.3 is 25.7 Å². The summed E-state index contributed by atoms with van der Waals surface area (Å²) in [6.45, 7) is 4.34. The molecule has 0 amide bonds. The molecule has 1 unspecified atom stereocenters. The average Bonchev–Trinajstić information content (AvgIpc) is 2.62. The second-order valence-electron chi connectivity index (χ2n) is 6.97.